The number of hydrogen-bond acceptors (Lipinski definition) is 2. The van der Waals surface area contributed by atoms with Gasteiger partial charge in [0.15, 0.2) is 0 Å². The van der Waals surface area contributed by atoms with Gasteiger partial charge in [-0.3, -0.25) is 9.59 Å². The number of hydrogen-bond donors (Lipinski definition) is 2. The van der Waals surface area contributed by atoms with Crippen molar-refractivity contribution in [3.05, 3.63) is 12.3 Å². The Morgan fingerprint density at radius 2 is 1.79 bits per heavy atom. The zero-order valence-corrected chi connectivity index (χ0v) is 8.89. The van der Waals surface area contributed by atoms with Crippen LogP contribution in [0.3, 0.4) is 0 Å². The fourth-order valence-corrected chi connectivity index (χ4v) is 0.668. The second kappa shape index (κ2) is 4.79. The van der Waals surface area contributed by atoms with E-state index in [0.717, 1.165) is 0 Å². The number of amides is 1. The summed E-state index contributed by atoms with van der Waals surface area (Å²) in [5.41, 5.74) is -0.0288. The number of allylic oxidation sites excluding steroid dienone is 1. The largest absolute Gasteiger partial charge is 0.481 e. The molecular formula is C10H17NO3. The molecule has 0 bridgehead atoms. The van der Waals surface area contributed by atoms with Crippen molar-refractivity contribution in [3.8, 4) is 0 Å². The highest BCUT2D eigenvalue weighted by molar-refractivity contribution is 5.82. The van der Waals surface area contributed by atoms with Crippen LogP contribution >= 0.6 is 0 Å². The van der Waals surface area contributed by atoms with Crippen LogP contribution in [0.5, 0.6) is 0 Å². The monoisotopic (exact) mass is 199 g/mol. The van der Waals surface area contributed by atoms with E-state index in [-0.39, 0.29) is 18.7 Å². The molecule has 0 heterocycles. The van der Waals surface area contributed by atoms with Crippen LogP contribution in [0.1, 0.15) is 33.6 Å². The summed E-state index contributed by atoms with van der Waals surface area (Å²) in [7, 11) is 0. The third-order valence-corrected chi connectivity index (χ3v) is 1.61. The van der Waals surface area contributed by atoms with Crippen LogP contribution in [0.15, 0.2) is 12.3 Å². The van der Waals surface area contributed by atoms with Crippen LogP contribution in [0.2, 0.25) is 0 Å². The Hall–Kier alpha value is -1.32. The van der Waals surface area contributed by atoms with E-state index in [1.807, 2.05) is 0 Å². The summed E-state index contributed by atoms with van der Waals surface area (Å²) in [6.45, 7) is 8.94. The molecule has 1 amide bonds. The van der Waals surface area contributed by atoms with Crippen LogP contribution in [-0.2, 0) is 9.59 Å². The average Bonchev–Trinajstić information content (AvgIpc) is 1.99. The summed E-state index contributed by atoms with van der Waals surface area (Å²) in [6, 6.07) is 0. The molecule has 0 fully saturated rings. The lowest BCUT2D eigenvalue weighted by molar-refractivity contribution is -0.137. The minimum atomic E-state index is -0.892. The molecule has 0 unspecified atom stereocenters. The van der Waals surface area contributed by atoms with Gasteiger partial charge in [-0.15, -0.1) is 0 Å². The molecule has 0 radical (unpaired) electrons. The SMILES string of the molecule is C=C(CCC(=O)O)NC(=O)C(C)(C)C. The molecule has 0 aliphatic carbocycles. The van der Waals surface area contributed by atoms with Gasteiger partial charge in [0, 0.05) is 11.1 Å². The van der Waals surface area contributed by atoms with E-state index in [9.17, 15) is 9.59 Å². The van der Waals surface area contributed by atoms with E-state index in [1.54, 1.807) is 20.8 Å². The van der Waals surface area contributed by atoms with E-state index < -0.39 is 11.4 Å². The van der Waals surface area contributed by atoms with Gasteiger partial charge in [0.1, 0.15) is 0 Å². The molecule has 4 heteroatoms. The zero-order chi connectivity index (χ0) is 11.4. The van der Waals surface area contributed by atoms with Gasteiger partial charge < -0.3 is 10.4 Å². The van der Waals surface area contributed by atoms with Crippen molar-refractivity contribution in [2.24, 2.45) is 5.41 Å². The summed E-state index contributed by atoms with van der Waals surface area (Å²) in [5.74, 6) is -1.04. The Labute approximate surface area is 84.0 Å². The number of carboxylic acids is 1. The van der Waals surface area contributed by atoms with Gasteiger partial charge in [-0.25, -0.2) is 0 Å². The van der Waals surface area contributed by atoms with Crippen LogP contribution in [0, 0.1) is 5.41 Å². The zero-order valence-electron chi connectivity index (χ0n) is 8.89. The standard InChI is InChI=1S/C10H17NO3/c1-7(5-6-8(12)13)11-9(14)10(2,3)4/h1,5-6H2,2-4H3,(H,11,14)(H,12,13). The van der Waals surface area contributed by atoms with E-state index in [4.69, 9.17) is 5.11 Å². The second-order valence-corrected chi connectivity index (χ2v) is 4.20. The fraction of sp³-hybridized carbons (Fsp3) is 0.600. The molecule has 0 saturated heterocycles. The topological polar surface area (TPSA) is 66.4 Å². The molecule has 0 rings (SSSR count). The number of nitrogens with one attached hydrogen (secondary N) is 1. The molecule has 0 atom stereocenters. The maximum atomic E-state index is 11.4. The van der Waals surface area contributed by atoms with Gasteiger partial charge >= 0.3 is 5.97 Å². The summed E-state index contributed by atoms with van der Waals surface area (Å²) in [5, 5.41) is 11.0. The lowest BCUT2D eigenvalue weighted by Crippen LogP contribution is -2.34. The predicted molar refractivity (Wildman–Crippen MR) is 53.6 cm³/mol. The second-order valence-electron chi connectivity index (χ2n) is 4.20. The van der Waals surface area contributed by atoms with Crippen LogP contribution in [0.25, 0.3) is 0 Å². The highest BCUT2D eigenvalue weighted by atomic mass is 16.4. The quantitative estimate of drug-likeness (QED) is 0.721. The van der Waals surface area contributed by atoms with Crippen molar-refractivity contribution in [2.45, 2.75) is 33.6 Å². The minimum absolute atomic E-state index is 0.0107. The lowest BCUT2D eigenvalue weighted by Gasteiger charge is -2.18. The van der Waals surface area contributed by atoms with Gasteiger partial charge in [-0.1, -0.05) is 27.4 Å². The van der Waals surface area contributed by atoms with E-state index in [2.05, 4.69) is 11.9 Å². The van der Waals surface area contributed by atoms with Gasteiger partial charge in [0.25, 0.3) is 0 Å². The average molecular weight is 199 g/mol. The number of carbonyl (C=O) groups excluding carboxylic acids is 1. The van der Waals surface area contributed by atoms with E-state index >= 15 is 0 Å². The number of rotatable bonds is 4. The van der Waals surface area contributed by atoms with Crippen molar-refractivity contribution >= 4 is 11.9 Å². The number of aliphatic carboxylic acids is 1. The van der Waals surface area contributed by atoms with Crippen molar-refractivity contribution in [2.75, 3.05) is 0 Å². The molecule has 0 spiro atoms. The molecule has 0 aliphatic rings. The fourth-order valence-electron chi connectivity index (χ4n) is 0.668. The third kappa shape index (κ3) is 5.35. The molecule has 2 N–H and O–H groups in total. The van der Waals surface area contributed by atoms with Crippen molar-refractivity contribution in [3.63, 3.8) is 0 Å². The first kappa shape index (κ1) is 12.7. The smallest absolute Gasteiger partial charge is 0.303 e. The maximum Gasteiger partial charge on any atom is 0.303 e. The number of carbonyl (C=O) groups is 2. The first-order valence-electron chi connectivity index (χ1n) is 4.44. The van der Waals surface area contributed by atoms with E-state index in [1.165, 1.54) is 0 Å². The molecular weight excluding hydrogens is 182 g/mol. The lowest BCUT2D eigenvalue weighted by atomic mass is 9.95. The molecule has 0 aromatic heterocycles. The van der Waals surface area contributed by atoms with Crippen LogP contribution < -0.4 is 5.32 Å². The molecule has 0 saturated carbocycles. The summed E-state index contributed by atoms with van der Waals surface area (Å²) < 4.78 is 0. The van der Waals surface area contributed by atoms with E-state index in [0.29, 0.717) is 5.70 Å². The molecule has 0 aromatic rings. The van der Waals surface area contributed by atoms with Crippen molar-refractivity contribution < 1.29 is 14.7 Å². The third-order valence-electron chi connectivity index (χ3n) is 1.61. The molecule has 80 valence electrons. The highest BCUT2D eigenvalue weighted by Crippen LogP contribution is 2.13. The first-order valence-corrected chi connectivity index (χ1v) is 4.44. The summed E-state index contributed by atoms with van der Waals surface area (Å²) in [6.07, 6.45) is 0.264. The Morgan fingerprint density at radius 1 is 1.29 bits per heavy atom. The van der Waals surface area contributed by atoms with Crippen molar-refractivity contribution in [1.29, 1.82) is 0 Å². The van der Waals surface area contributed by atoms with Gasteiger partial charge in [-0.05, 0) is 6.42 Å². The minimum Gasteiger partial charge on any atom is -0.481 e. The Kier molecular flexibility index (Phi) is 4.34. The van der Waals surface area contributed by atoms with Gasteiger partial charge in [0.2, 0.25) is 5.91 Å². The van der Waals surface area contributed by atoms with Gasteiger partial charge in [0.05, 0.1) is 6.42 Å². The highest BCUT2D eigenvalue weighted by Gasteiger charge is 2.21. The number of carboxylic acid groups (broad SMARTS) is 1. The molecule has 0 aromatic carbocycles. The molecule has 14 heavy (non-hydrogen) atoms. The maximum absolute atomic E-state index is 11.4. The van der Waals surface area contributed by atoms with Crippen molar-refractivity contribution in [1.82, 2.24) is 5.32 Å². The molecule has 0 aliphatic heterocycles. The Bertz CT molecular complexity index is 251. The normalized spacial score (nSPS) is 10.8. The molecule has 4 nitrogen and oxygen atoms in total. The Morgan fingerprint density at radius 3 is 2.14 bits per heavy atom. The first-order chi connectivity index (χ1) is 6.23. The predicted octanol–water partition coefficient (Wildman–Crippen LogP) is 1.53. The Balaban J connectivity index is 3.96. The summed E-state index contributed by atoms with van der Waals surface area (Å²) >= 11 is 0. The van der Waals surface area contributed by atoms with Crippen LogP contribution in [-0.4, -0.2) is 17.0 Å². The summed E-state index contributed by atoms with van der Waals surface area (Å²) in [4.78, 5) is 21.6. The van der Waals surface area contributed by atoms with Gasteiger partial charge in [-0.2, -0.15) is 0 Å². The van der Waals surface area contributed by atoms with Crippen LogP contribution in [0.4, 0.5) is 0 Å².